The van der Waals surface area contributed by atoms with Crippen LogP contribution in [0.1, 0.15) is 35.9 Å². The van der Waals surface area contributed by atoms with Crippen LogP contribution < -0.4 is 5.32 Å². The van der Waals surface area contributed by atoms with Crippen LogP contribution >= 0.6 is 0 Å². The monoisotopic (exact) mass is 393 g/mol. The van der Waals surface area contributed by atoms with Gasteiger partial charge >= 0.3 is 0 Å². The summed E-state index contributed by atoms with van der Waals surface area (Å²) in [6.07, 6.45) is 6.52. The van der Waals surface area contributed by atoms with Crippen LogP contribution in [0.4, 0.5) is 0 Å². The van der Waals surface area contributed by atoms with Crippen LogP contribution in [0.15, 0.2) is 59.7 Å². The van der Waals surface area contributed by atoms with Gasteiger partial charge in [0.05, 0.1) is 6.26 Å². The van der Waals surface area contributed by atoms with Crippen molar-refractivity contribution in [3.05, 3.63) is 66.6 Å². The Morgan fingerprint density at radius 2 is 1.93 bits per heavy atom. The number of hydrogen-bond acceptors (Lipinski definition) is 5. The molecule has 1 saturated heterocycles. The number of rotatable bonds is 6. The van der Waals surface area contributed by atoms with Crippen molar-refractivity contribution in [3.63, 3.8) is 0 Å². The lowest BCUT2D eigenvalue weighted by molar-refractivity contribution is -0.121. The van der Waals surface area contributed by atoms with Crippen LogP contribution in [0.3, 0.4) is 0 Å². The van der Waals surface area contributed by atoms with E-state index >= 15 is 0 Å². The summed E-state index contributed by atoms with van der Waals surface area (Å²) in [6.45, 7) is 2.53. The van der Waals surface area contributed by atoms with Crippen LogP contribution in [-0.4, -0.2) is 50.1 Å². The highest BCUT2D eigenvalue weighted by Gasteiger charge is 2.33. The van der Waals surface area contributed by atoms with Crippen LogP contribution in [0.5, 0.6) is 0 Å². The predicted molar refractivity (Wildman–Crippen MR) is 105 cm³/mol. The maximum Gasteiger partial charge on any atom is 0.254 e. The van der Waals surface area contributed by atoms with Gasteiger partial charge in [-0.15, -0.1) is 10.2 Å². The Hall–Kier alpha value is -3.42. The molecule has 1 aliphatic rings. The third-order valence-corrected chi connectivity index (χ3v) is 5.21. The van der Waals surface area contributed by atoms with Crippen molar-refractivity contribution in [2.24, 2.45) is 0 Å². The lowest BCUT2D eigenvalue weighted by Crippen LogP contribution is -2.39. The van der Waals surface area contributed by atoms with E-state index in [1.807, 2.05) is 36.1 Å². The Morgan fingerprint density at radius 1 is 1.17 bits per heavy atom. The molecule has 8 nitrogen and oxygen atoms in total. The van der Waals surface area contributed by atoms with Crippen LogP contribution in [0.2, 0.25) is 0 Å². The highest BCUT2D eigenvalue weighted by molar-refractivity contribution is 5.95. The number of hydrogen-bond donors (Lipinski definition) is 1. The molecule has 0 aliphatic carbocycles. The number of furan rings is 1. The van der Waals surface area contributed by atoms with Crippen molar-refractivity contribution in [1.29, 1.82) is 0 Å². The minimum absolute atomic E-state index is 0.0220. The van der Waals surface area contributed by atoms with Crippen molar-refractivity contribution in [2.75, 3.05) is 6.54 Å². The van der Waals surface area contributed by atoms with Gasteiger partial charge in [0.1, 0.15) is 18.4 Å². The molecule has 8 heteroatoms. The van der Waals surface area contributed by atoms with Gasteiger partial charge < -0.3 is 14.6 Å². The normalized spacial score (nSPS) is 18.7. The summed E-state index contributed by atoms with van der Waals surface area (Å²) >= 11 is 0. The lowest BCUT2D eigenvalue weighted by Gasteiger charge is -2.21. The first-order valence-electron chi connectivity index (χ1n) is 9.68. The summed E-state index contributed by atoms with van der Waals surface area (Å²) in [4.78, 5) is 27.0. The molecule has 1 N–H and O–H groups in total. The van der Waals surface area contributed by atoms with Crippen molar-refractivity contribution in [3.8, 4) is 5.69 Å². The Balaban J connectivity index is 1.33. The predicted octanol–water partition coefficient (Wildman–Crippen LogP) is 2.21. The zero-order valence-electron chi connectivity index (χ0n) is 16.2. The molecular formula is C21H23N5O3. The zero-order valence-corrected chi connectivity index (χ0v) is 16.2. The second-order valence-electron chi connectivity index (χ2n) is 7.30. The molecule has 2 unspecified atom stereocenters. The molecule has 2 atom stereocenters. The first-order valence-corrected chi connectivity index (χ1v) is 9.68. The largest absolute Gasteiger partial charge is 0.469 e. The Kier molecular flexibility index (Phi) is 5.41. The SMILES string of the molecule is CC1CC(NC(=O)CCc2ccco2)CN1C(=O)c1ccc(-n2cnnc2)cc1. The third-order valence-electron chi connectivity index (χ3n) is 5.21. The van der Waals surface area contributed by atoms with E-state index in [0.717, 1.165) is 17.9 Å². The average Bonchev–Trinajstić information content (AvgIpc) is 3.48. The van der Waals surface area contributed by atoms with Gasteiger partial charge in [-0.05, 0) is 49.7 Å². The summed E-state index contributed by atoms with van der Waals surface area (Å²) in [5, 5.41) is 10.6. The summed E-state index contributed by atoms with van der Waals surface area (Å²) in [7, 11) is 0. The summed E-state index contributed by atoms with van der Waals surface area (Å²) in [5.41, 5.74) is 1.51. The molecule has 3 aromatic rings. The summed E-state index contributed by atoms with van der Waals surface area (Å²) in [6, 6.07) is 11.0. The molecule has 3 heterocycles. The lowest BCUT2D eigenvalue weighted by atomic mass is 10.1. The fraction of sp³-hybridized carbons (Fsp3) is 0.333. The number of amides is 2. The third kappa shape index (κ3) is 4.37. The second kappa shape index (κ2) is 8.30. The van der Waals surface area contributed by atoms with Crippen molar-refractivity contribution < 1.29 is 14.0 Å². The number of aryl methyl sites for hydroxylation is 1. The number of carbonyl (C=O) groups is 2. The van der Waals surface area contributed by atoms with Gasteiger partial charge in [0.25, 0.3) is 5.91 Å². The molecule has 29 heavy (non-hydrogen) atoms. The number of carbonyl (C=O) groups excluding carboxylic acids is 2. The molecule has 4 rings (SSSR count). The van der Waals surface area contributed by atoms with Gasteiger partial charge in [0.15, 0.2) is 0 Å². The maximum atomic E-state index is 12.9. The topological polar surface area (TPSA) is 93.3 Å². The van der Waals surface area contributed by atoms with Crippen molar-refractivity contribution in [1.82, 2.24) is 25.0 Å². The van der Waals surface area contributed by atoms with E-state index in [9.17, 15) is 9.59 Å². The standard InChI is InChI=1S/C21H23N5O3/c1-15-11-17(24-20(27)9-8-19-3-2-10-29-19)12-26(15)21(28)16-4-6-18(7-5-16)25-13-22-23-14-25/h2-7,10,13-15,17H,8-9,11-12H2,1H3,(H,24,27). The molecule has 2 aromatic heterocycles. The zero-order chi connectivity index (χ0) is 20.2. The van der Waals surface area contributed by atoms with Gasteiger partial charge in [0.2, 0.25) is 5.91 Å². The maximum absolute atomic E-state index is 12.9. The summed E-state index contributed by atoms with van der Waals surface area (Å²) in [5.74, 6) is 0.748. The molecule has 0 bridgehead atoms. The fourth-order valence-corrected chi connectivity index (χ4v) is 3.69. The molecular weight excluding hydrogens is 370 g/mol. The smallest absolute Gasteiger partial charge is 0.254 e. The number of nitrogens with one attached hydrogen (secondary N) is 1. The first kappa shape index (κ1) is 18.9. The molecule has 0 spiro atoms. The van der Waals surface area contributed by atoms with Gasteiger partial charge in [0, 0.05) is 42.7 Å². The quantitative estimate of drug-likeness (QED) is 0.693. The van der Waals surface area contributed by atoms with Crippen LogP contribution in [-0.2, 0) is 11.2 Å². The molecule has 1 fully saturated rings. The molecule has 2 amide bonds. The first-order chi connectivity index (χ1) is 14.1. The second-order valence-corrected chi connectivity index (χ2v) is 7.30. The number of nitrogens with zero attached hydrogens (tertiary/aromatic N) is 4. The molecule has 0 saturated carbocycles. The van der Waals surface area contributed by atoms with Crippen LogP contribution in [0.25, 0.3) is 5.69 Å². The molecule has 1 aliphatic heterocycles. The number of benzene rings is 1. The van der Waals surface area contributed by atoms with Crippen molar-refractivity contribution in [2.45, 2.75) is 38.3 Å². The highest BCUT2D eigenvalue weighted by atomic mass is 16.3. The van der Waals surface area contributed by atoms with E-state index in [1.165, 1.54) is 0 Å². The van der Waals surface area contributed by atoms with Crippen molar-refractivity contribution >= 4 is 11.8 Å². The molecule has 150 valence electrons. The van der Waals surface area contributed by atoms with Gasteiger partial charge in [-0.3, -0.25) is 14.2 Å². The minimum Gasteiger partial charge on any atom is -0.469 e. The van der Waals surface area contributed by atoms with Crippen LogP contribution in [0, 0.1) is 0 Å². The van der Waals surface area contributed by atoms with Gasteiger partial charge in [-0.25, -0.2) is 0 Å². The van der Waals surface area contributed by atoms with E-state index in [0.29, 0.717) is 24.9 Å². The number of likely N-dealkylation sites (tertiary alicyclic amines) is 1. The van der Waals surface area contributed by atoms with E-state index in [1.54, 1.807) is 35.6 Å². The molecule has 1 aromatic carbocycles. The Labute approximate surface area is 168 Å². The van der Waals surface area contributed by atoms with E-state index in [-0.39, 0.29) is 23.9 Å². The Morgan fingerprint density at radius 3 is 2.62 bits per heavy atom. The van der Waals surface area contributed by atoms with Gasteiger partial charge in [-0.2, -0.15) is 0 Å². The fourth-order valence-electron chi connectivity index (χ4n) is 3.69. The van der Waals surface area contributed by atoms with Gasteiger partial charge in [-0.1, -0.05) is 0 Å². The van der Waals surface area contributed by atoms with E-state index in [2.05, 4.69) is 15.5 Å². The van der Waals surface area contributed by atoms with E-state index in [4.69, 9.17) is 4.42 Å². The Bertz CT molecular complexity index is 951. The summed E-state index contributed by atoms with van der Waals surface area (Å²) < 4.78 is 7.04. The minimum atomic E-state index is -0.0330. The average molecular weight is 393 g/mol. The van der Waals surface area contributed by atoms with E-state index < -0.39 is 0 Å². The number of aromatic nitrogens is 3. The highest BCUT2D eigenvalue weighted by Crippen LogP contribution is 2.21. The molecule has 0 radical (unpaired) electrons.